The lowest BCUT2D eigenvalue weighted by molar-refractivity contribution is -0.132. The minimum atomic E-state index is -0.0390. The number of rotatable bonds is 6. The Morgan fingerprint density at radius 3 is 3.14 bits per heavy atom. The Morgan fingerprint density at radius 1 is 1.50 bits per heavy atom. The molecule has 1 aliphatic rings. The molecule has 0 aliphatic carbocycles. The predicted molar refractivity (Wildman–Crippen MR) is 76.6 cm³/mol. The van der Waals surface area contributed by atoms with Crippen LogP contribution < -0.4 is 0 Å². The average molecular weight is 304 g/mol. The molecule has 3 rings (SSSR count). The second kappa shape index (κ2) is 6.67. The van der Waals surface area contributed by atoms with Crippen molar-refractivity contribution in [3.63, 3.8) is 0 Å². The number of carbonyl (C=O) groups is 1. The molecule has 22 heavy (non-hydrogen) atoms. The number of nitrogens with zero attached hydrogens (tertiary/aromatic N) is 6. The second-order valence-corrected chi connectivity index (χ2v) is 5.41. The fourth-order valence-electron chi connectivity index (χ4n) is 2.76. The van der Waals surface area contributed by atoms with Crippen LogP contribution in [0, 0.1) is 0 Å². The number of hydrogen-bond acceptors (Lipinski definition) is 6. The van der Waals surface area contributed by atoms with Crippen LogP contribution in [0.2, 0.25) is 0 Å². The molecular weight excluding hydrogens is 284 g/mol. The summed E-state index contributed by atoms with van der Waals surface area (Å²) in [4.78, 5) is 22.6. The van der Waals surface area contributed by atoms with Gasteiger partial charge in [-0.2, -0.15) is 10.1 Å². The van der Waals surface area contributed by atoms with Gasteiger partial charge in [0.2, 0.25) is 11.8 Å². The normalized spacial score (nSPS) is 18.0. The molecule has 2 aromatic rings. The molecule has 118 valence electrons. The van der Waals surface area contributed by atoms with Gasteiger partial charge in [0.05, 0.1) is 6.04 Å². The number of hydrogen-bond donors (Lipinski definition) is 0. The summed E-state index contributed by atoms with van der Waals surface area (Å²) in [5.41, 5.74) is 0. The molecule has 0 unspecified atom stereocenters. The smallest absolute Gasteiger partial charge is 0.226 e. The zero-order valence-electron chi connectivity index (χ0n) is 12.7. The van der Waals surface area contributed by atoms with Crippen LogP contribution >= 0.6 is 0 Å². The first-order chi connectivity index (χ1) is 10.8. The highest BCUT2D eigenvalue weighted by Crippen LogP contribution is 2.30. The summed E-state index contributed by atoms with van der Waals surface area (Å²) in [6.07, 6.45) is 7.00. The Balaban J connectivity index is 1.56. The molecule has 1 fully saturated rings. The van der Waals surface area contributed by atoms with E-state index in [1.807, 2.05) is 11.8 Å². The van der Waals surface area contributed by atoms with Crippen LogP contribution in [0.15, 0.2) is 17.2 Å². The van der Waals surface area contributed by atoms with Crippen molar-refractivity contribution in [2.75, 3.05) is 6.54 Å². The molecule has 1 amide bonds. The molecule has 0 radical (unpaired) electrons. The molecule has 0 N–H and O–H groups in total. The topological polar surface area (TPSA) is 89.9 Å². The maximum absolute atomic E-state index is 12.4. The first-order valence-corrected chi connectivity index (χ1v) is 7.72. The molecule has 8 nitrogen and oxygen atoms in total. The number of aromatic nitrogens is 5. The summed E-state index contributed by atoms with van der Waals surface area (Å²) in [6.45, 7) is 3.44. The molecular formula is C14H20N6O2. The lowest BCUT2D eigenvalue weighted by atomic mass is 10.2. The van der Waals surface area contributed by atoms with Crippen LogP contribution in [-0.2, 0) is 17.8 Å². The minimum Gasteiger partial charge on any atom is -0.339 e. The summed E-state index contributed by atoms with van der Waals surface area (Å²) in [7, 11) is 0. The predicted octanol–water partition coefficient (Wildman–Crippen LogP) is 1.37. The fraction of sp³-hybridized carbons (Fsp3) is 0.643. The summed E-state index contributed by atoms with van der Waals surface area (Å²) in [6, 6.07) is -0.0390. The molecule has 0 saturated carbocycles. The van der Waals surface area contributed by atoms with Gasteiger partial charge in [0, 0.05) is 25.9 Å². The second-order valence-electron chi connectivity index (χ2n) is 5.41. The van der Waals surface area contributed by atoms with Gasteiger partial charge in [-0.05, 0) is 19.3 Å². The number of amides is 1. The Bertz CT molecular complexity index is 609. The average Bonchev–Trinajstić information content (AvgIpc) is 3.27. The van der Waals surface area contributed by atoms with Crippen LogP contribution in [0.25, 0.3) is 0 Å². The van der Waals surface area contributed by atoms with Crippen molar-refractivity contribution in [1.29, 1.82) is 0 Å². The minimum absolute atomic E-state index is 0.0390. The largest absolute Gasteiger partial charge is 0.339 e. The van der Waals surface area contributed by atoms with Crippen molar-refractivity contribution < 1.29 is 9.32 Å². The van der Waals surface area contributed by atoms with E-state index in [0.717, 1.165) is 25.8 Å². The van der Waals surface area contributed by atoms with Gasteiger partial charge in [-0.15, -0.1) is 0 Å². The molecule has 3 heterocycles. The zero-order valence-corrected chi connectivity index (χ0v) is 12.7. The lowest BCUT2D eigenvalue weighted by Gasteiger charge is -2.22. The van der Waals surface area contributed by atoms with Crippen LogP contribution in [0.4, 0.5) is 0 Å². The van der Waals surface area contributed by atoms with E-state index in [1.54, 1.807) is 11.0 Å². The van der Waals surface area contributed by atoms with Crippen molar-refractivity contribution >= 4 is 5.91 Å². The fourth-order valence-corrected chi connectivity index (χ4v) is 2.76. The van der Waals surface area contributed by atoms with Gasteiger partial charge in [0.15, 0.2) is 5.82 Å². The van der Waals surface area contributed by atoms with E-state index in [9.17, 15) is 4.79 Å². The van der Waals surface area contributed by atoms with Crippen molar-refractivity contribution in [3.8, 4) is 0 Å². The summed E-state index contributed by atoms with van der Waals surface area (Å²) in [5.74, 6) is 1.41. The molecule has 0 aromatic carbocycles. The maximum atomic E-state index is 12.4. The van der Waals surface area contributed by atoms with Gasteiger partial charge in [-0.3, -0.25) is 9.48 Å². The van der Waals surface area contributed by atoms with E-state index in [0.29, 0.717) is 31.1 Å². The number of aryl methyl sites for hydroxylation is 2. The van der Waals surface area contributed by atoms with E-state index in [4.69, 9.17) is 4.52 Å². The number of carbonyl (C=O) groups excluding carboxylic acids is 1. The Morgan fingerprint density at radius 2 is 2.41 bits per heavy atom. The summed E-state index contributed by atoms with van der Waals surface area (Å²) >= 11 is 0. The number of likely N-dealkylation sites (tertiary alicyclic amines) is 1. The highest BCUT2D eigenvalue weighted by Gasteiger charge is 2.32. The van der Waals surface area contributed by atoms with Crippen LogP contribution in [-0.4, -0.2) is 42.3 Å². The van der Waals surface area contributed by atoms with Crippen molar-refractivity contribution in [2.24, 2.45) is 0 Å². The Labute approximate surface area is 128 Å². The van der Waals surface area contributed by atoms with E-state index >= 15 is 0 Å². The molecule has 0 spiro atoms. The van der Waals surface area contributed by atoms with Gasteiger partial charge in [0.1, 0.15) is 12.7 Å². The van der Waals surface area contributed by atoms with Crippen molar-refractivity contribution in [2.45, 2.75) is 51.6 Å². The van der Waals surface area contributed by atoms with E-state index in [1.165, 1.54) is 6.33 Å². The summed E-state index contributed by atoms with van der Waals surface area (Å²) < 4.78 is 6.90. The third-order valence-electron chi connectivity index (χ3n) is 3.90. The monoisotopic (exact) mass is 304 g/mol. The maximum Gasteiger partial charge on any atom is 0.226 e. The first-order valence-electron chi connectivity index (χ1n) is 7.72. The van der Waals surface area contributed by atoms with E-state index < -0.39 is 0 Å². The van der Waals surface area contributed by atoms with Gasteiger partial charge in [-0.1, -0.05) is 12.1 Å². The van der Waals surface area contributed by atoms with Gasteiger partial charge in [-0.25, -0.2) is 4.98 Å². The quantitative estimate of drug-likeness (QED) is 0.800. The van der Waals surface area contributed by atoms with Crippen LogP contribution in [0.1, 0.15) is 50.4 Å². The molecule has 8 heteroatoms. The van der Waals surface area contributed by atoms with Gasteiger partial charge < -0.3 is 9.42 Å². The third kappa shape index (κ3) is 3.15. The Kier molecular flexibility index (Phi) is 4.45. The third-order valence-corrected chi connectivity index (χ3v) is 3.90. The van der Waals surface area contributed by atoms with Gasteiger partial charge >= 0.3 is 0 Å². The van der Waals surface area contributed by atoms with Crippen molar-refractivity contribution in [1.82, 2.24) is 29.8 Å². The standard InChI is InChI=1S/C14H20N6O2/c1-2-12-17-14(18-22-12)11-5-3-8-20(11)13(21)6-4-7-19-10-15-9-16-19/h9-11H,2-8H2,1H3/t11-/m1/s1. The molecule has 1 aliphatic heterocycles. The Hall–Kier alpha value is -2.25. The van der Waals surface area contributed by atoms with Crippen molar-refractivity contribution in [3.05, 3.63) is 24.4 Å². The highest BCUT2D eigenvalue weighted by atomic mass is 16.5. The molecule has 1 saturated heterocycles. The van der Waals surface area contributed by atoms with Crippen LogP contribution in [0.3, 0.4) is 0 Å². The van der Waals surface area contributed by atoms with Crippen LogP contribution in [0.5, 0.6) is 0 Å². The SMILES string of the molecule is CCc1nc([C@H]2CCCN2C(=O)CCCn2cncn2)no1. The lowest BCUT2D eigenvalue weighted by Crippen LogP contribution is -2.31. The highest BCUT2D eigenvalue weighted by molar-refractivity contribution is 5.76. The van der Waals surface area contributed by atoms with E-state index in [2.05, 4.69) is 20.2 Å². The molecule has 0 bridgehead atoms. The zero-order chi connectivity index (χ0) is 15.4. The molecule has 1 atom stereocenters. The first kappa shape index (κ1) is 14.7. The molecule has 2 aromatic heterocycles. The summed E-state index contributed by atoms with van der Waals surface area (Å²) in [5, 5.41) is 8.05. The van der Waals surface area contributed by atoms with Gasteiger partial charge in [0.25, 0.3) is 0 Å². The van der Waals surface area contributed by atoms with E-state index in [-0.39, 0.29) is 11.9 Å².